The fourth-order valence-corrected chi connectivity index (χ4v) is 3.85. The van der Waals surface area contributed by atoms with Crippen LogP contribution in [-0.2, 0) is 4.79 Å². The molecule has 1 aromatic carbocycles. The van der Waals surface area contributed by atoms with Crippen LogP contribution in [0.25, 0.3) is 5.69 Å². The van der Waals surface area contributed by atoms with Crippen LogP contribution in [-0.4, -0.2) is 38.5 Å². The Balaban J connectivity index is 1.49. The molecule has 26 heavy (non-hydrogen) atoms. The zero-order valence-corrected chi connectivity index (χ0v) is 15.5. The van der Waals surface area contributed by atoms with Gasteiger partial charge in [0.25, 0.3) is 0 Å². The van der Waals surface area contributed by atoms with Crippen molar-refractivity contribution in [2.75, 3.05) is 5.75 Å². The molecule has 3 rings (SSSR count). The Morgan fingerprint density at radius 3 is 2.77 bits per heavy atom. The largest absolute Gasteiger partial charge is 0.335 e. The SMILES string of the molecule is C[C@@H]1CCCC[C@H]1NC(=O)NC(=O)CSc1nncn1-c1ccccc1. The Kier molecular flexibility index (Phi) is 6.27. The van der Waals surface area contributed by atoms with Crippen LogP contribution in [0.2, 0.25) is 0 Å². The Hall–Kier alpha value is -2.35. The van der Waals surface area contributed by atoms with Crippen molar-refractivity contribution in [3.05, 3.63) is 36.7 Å². The monoisotopic (exact) mass is 373 g/mol. The van der Waals surface area contributed by atoms with Gasteiger partial charge in [0.15, 0.2) is 5.16 Å². The molecule has 1 heterocycles. The molecule has 2 aromatic rings. The van der Waals surface area contributed by atoms with Crippen molar-refractivity contribution in [1.29, 1.82) is 0 Å². The molecule has 1 aliphatic carbocycles. The Morgan fingerprint density at radius 1 is 1.23 bits per heavy atom. The number of hydrogen-bond acceptors (Lipinski definition) is 5. The van der Waals surface area contributed by atoms with Crippen molar-refractivity contribution in [2.45, 2.75) is 43.8 Å². The number of carbonyl (C=O) groups excluding carboxylic acids is 2. The number of imide groups is 1. The first-order chi connectivity index (χ1) is 12.6. The van der Waals surface area contributed by atoms with E-state index in [2.05, 4.69) is 27.8 Å². The predicted octanol–water partition coefficient (Wildman–Crippen LogP) is 2.76. The van der Waals surface area contributed by atoms with Gasteiger partial charge in [-0.2, -0.15) is 0 Å². The lowest BCUT2D eigenvalue weighted by molar-refractivity contribution is -0.117. The number of hydrogen-bond donors (Lipinski definition) is 2. The van der Waals surface area contributed by atoms with Gasteiger partial charge in [-0.15, -0.1) is 10.2 Å². The molecule has 7 nitrogen and oxygen atoms in total. The molecule has 2 N–H and O–H groups in total. The van der Waals surface area contributed by atoms with Gasteiger partial charge in [0.2, 0.25) is 5.91 Å². The molecular formula is C18H23N5O2S. The summed E-state index contributed by atoms with van der Waals surface area (Å²) in [4.78, 5) is 24.1. The molecule has 138 valence electrons. The maximum absolute atomic E-state index is 12.1. The lowest BCUT2D eigenvalue weighted by atomic mass is 9.86. The highest BCUT2D eigenvalue weighted by atomic mass is 32.2. The van der Waals surface area contributed by atoms with E-state index in [1.807, 2.05) is 34.9 Å². The first-order valence-electron chi connectivity index (χ1n) is 8.82. The predicted molar refractivity (Wildman–Crippen MR) is 100 cm³/mol. The van der Waals surface area contributed by atoms with E-state index in [1.165, 1.54) is 18.2 Å². The number of rotatable bonds is 5. The minimum atomic E-state index is -0.418. The Morgan fingerprint density at radius 2 is 2.00 bits per heavy atom. The van der Waals surface area contributed by atoms with E-state index in [-0.39, 0.29) is 17.7 Å². The van der Waals surface area contributed by atoms with Gasteiger partial charge in [-0.25, -0.2) is 4.79 Å². The number of nitrogens with zero attached hydrogens (tertiary/aromatic N) is 3. The Labute approximate surface area is 157 Å². The summed E-state index contributed by atoms with van der Waals surface area (Å²) in [5, 5.41) is 13.9. The molecule has 1 saturated carbocycles. The van der Waals surface area contributed by atoms with Crippen molar-refractivity contribution in [1.82, 2.24) is 25.4 Å². The minimum absolute atomic E-state index is 0.0964. The van der Waals surface area contributed by atoms with Crippen LogP contribution in [0, 0.1) is 5.92 Å². The molecule has 1 aromatic heterocycles. The maximum Gasteiger partial charge on any atom is 0.321 e. The van der Waals surface area contributed by atoms with Crippen molar-refractivity contribution < 1.29 is 9.59 Å². The summed E-state index contributed by atoms with van der Waals surface area (Å²) in [6, 6.07) is 9.38. The summed E-state index contributed by atoms with van der Waals surface area (Å²) < 4.78 is 1.81. The number of thioether (sulfide) groups is 1. The first-order valence-corrected chi connectivity index (χ1v) is 9.80. The lowest BCUT2D eigenvalue weighted by Crippen LogP contribution is -2.48. The summed E-state index contributed by atoms with van der Waals surface area (Å²) in [7, 11) is 0. The standard InChI is InChI=1S/C18H23N5O2S/c1-13-7-5-6-10-15(13)20-17(25)21-16(24)11-26-18-22-19-12-23(18)14-8-3-2-4-9-14/h2-4,8-9,12-13,15H,5-7,10-11H2,1H3,(H2,20,21,24,25)/t13-,15-/m1/s1. The highest BCUT2D eigenvalue weighted by molar-refractivity contribution is 7.99. The van der Waals surface area contributed by atoms with Crippen LogP contribution in [0.1, 0.15) is 32.6 Å². The van der Waals surface area contributed by atoms with E-state index < -0.39 is 6.03 Å². The van der Waals surface area contributed by atoms with E-state index >= 15 is 0 Å². The van der Waals surface area contributed by atoms with Crippen LogP contribution >= 0.6 is 11.8 Å². The third-order valence-electron chi connectivity index (χ3n) is 4.56. The van der Waals surface area contributed by atoms with Crippen molar-refractivity contribution in [2.24, 2.45) is 5.92 Å². The summed E-state index contributed by atoms with van der Waals surface area (Å²) in [6.45, 7) is 2.14. The smallest absolute Gasteiger partial charge is 0.321 e. The van der Waals surface area contributed by atoms with E-state index in [4.69, 9.17) is 0 Å². The number of carbonyl (C=O) groups is 2. The van der Waals surface area contributed by atoms with Gasteiger partial charge in [-0.1, -0.05) is 49.7 Å². The zero-order chi connectivity index (χ0) is 18.4. The van der Waals surface area contributed by atoms with Gasteiger partial charge >= 0.3 is 6.03 Å². The second-order valence-corrected chi connectivity index (χ2v) is 7.44. The molecule has 8 heteroatoms. The summed E-state index contributed by atoms with van der Waals surface area (Å²) in [5.41, 5.74) is 0.921. The molecule has 0 bridgehead atoms. The number of urea groups is 1. The minimum Gasteiger partial charge on any atom is -0.335 e. The highest BCUT2D eigenvalue weighted by Crippen LogP contribution is 2.23. The molecule has 1 fully saturated rings. The number of amides is 3. The van der Waals surface area contributed by atoms with Crippen molar-refractivity contribution in [3.63, 3.8) is 0 Å². The van der Waals surface area contributed by atoms with Gasteiger partial charge < -0.3 is 5.32 Å². The van der Waals surface area contributed by atoms with Crippen LogP contribution in [0.3, 0.4) is 0 Å². The molecule has 0 spiro atoms. The third kappa shape index (κ3) is 4.85. The highest BCUT2D eigenvalue weighted by Gasteiger charge is 2.23. The molecule has 0 radical (unpaired) electrons. The van der Waals surface area contributed by atoms with Crippen molar-refractivity contribution in [3.8, 4) is 5.69 Å². The quantitative estimate of drug-likeness (QED) is 0.787. The topological polar surface area (TPSA) is 88.9 Å². The van der Waals surface area contributed by atoms with Crippen LogP contribution < -0.4 is 10.6 Å². The van der Waals surface area contributed by atoms with E-state index in [0.29, 0.717) is 11.1 Å². The second-order valence-electron chi connectivity index (χ2n) is 6.50. The van der Waals surface area contributed by atoms with Crippen LogP contribution in [0.15, 0.2) is 41.8 Å². The normalized spacial score (nSPS) is 19.7. The molecule has 0 aliphatic heterocycles. The molecule has 2 atom stereocenters. The molecular weight excluding hydrogens is 350 g/mol. The van der Waals surface area contributed by atoms with E-state index in [0.717, 1.165) is 24.9 Å². The summed E-state index contributed by atoms with van der Waals surface area (Å²) in [5.74, 6) is 0.195. The lowest BCUT2D eigenvalue weighted by Gasteiger charge is -2.29. The number of para-hydroxylation sites is 1. The fraction of sp³-hybridized carbons (Fsp3) is 0.444. The zero-order valence-electron chi connectivity index (χ0n) is 14.7. The van der Waals surface area contributed by atoms with E-state index in [9.17, 15) is 9.59 Å². The first kappa shape index (κ1) is 18.4. The molecule has 0 unspecified atom stereocenters. The summed E-state index contributed by atoms with van der Waals surface area (Å²) in [6.07, 6.45) is 6.02. The average Bonchev–Trinajstić information content (AvgIpc) is 3.11. The molecule has 1 aliphatic rings. The summed E-state index contributed by atoms with van der Waals surface area (Å²) >= 11 is 1.24. The van der Waals surface area contributed by atoms with Gasteiger partial charge in [-0.05, 0) is 30.9 Å². The van der Waals surface area contributed by atoms with Gasteiger partial charge in [0.05, 0.1) is 5.75 Å². The fourth-order valence-electron chi connectivity index (χ4n) is 3.12. The maximum atomic E-state index is 12.1. The van der Waals surface area contributed by atoms with Gasteiger partial charge in [-0.3, -0.25) is 14.7 Å². The average molecular weight is 373 g/mol. The number of benzene rings is 1. The number of aromatic nitrogens is 3. The van der Waals surface area contributed by atoms with Crippen LogP contribution in [0.4, 0.5) is 4.79 Å². The van der Waals surface area contributed by atoms with Gasteiger partial charge in [0, 0.05) is 11.7 Å². The third-order valence-corrected chi connectivity index (χ3v) is 5.51. The van der Waals surface area contributed by atoms with Crippen molar-refractivity contribution >= 4 is 23.7 Å². The number of nitrogens with one attached hydrogen (secondary N) is 2. The van der Waals surface area contributed by atoms with Gasteiger partial charge in [0.1, 0.15) is 6.33 Å². The Bertz CT molecular complexity index is 749. The molecule has 0 saturated heterocycles. The van der Waals surface area contributed by atoms with Crippen LogP contribution in [0.5, 0.6) is 0 Å². The second kappa shape index (κ2) is 8.84. The van der Waals surface area contributed by atoms with E-state index in [1.54, 1.807) is 6.33 Å². The molecule has 3 amide bonds.